The molecule has 164 valence electrons. The van der Waals surface area contributed by atoms with Gasteiger partial charge in [-0.15, -0.1) is 0 Å². The molecule has 0 spiro atoms. The van der Waals surface area contributed by atoms with Gasteiger partial charge in [-0.3, -0.25) is 9.59 Å². The summed E-state index contributed by atoms with van der Waals surface area (Å²) in [6.07, 6.45) is 7.07. The van der Waals surface area contributed by atoms with Crippen LogP contribution in [0.25, 0.3) is 0 Å². The van der Waals surface area contributed by atoms with Crippen LogP contribution in [-0.4, -0.2) is 43.5 Å². The lowest BCUT2D eigenvalue weighted by molar-refractivity contribution is -0.126. The smallest absolute Gasteiger partial charge is 0.227 e. The lowest BCUT2D eigenvalue weighted by Crippen LogP contribution is -2.32. The summed E-state index contributed by atoms with van der Waals surface area (Å²) in [6, 6.07) is 11.4. The number of ether oxygens (including phenoxy) is 1. The van der Waals surface area contributed by atoms with Gasteiger partial charge in [0.15, 0.2) is 0 Å². The predicted octanol–water partition coefficient (Wildman–Crippen LogP) is 3.14. The Morgan fingerprint density at radius 1 is 1.16 bits per heavy atom. The van der Waals surface area contributed by atoms with Crippen molar-refractivity contribution in [1.82, 2.24) is 10.3 Å². The van der Waals surface area contributed by atoms with Gasteiger partial charge in [0.25, 0.3) is 0 Å². The number of carbonyl (C=O) groups excluding carboxylic acids is 2. The number of benzene rings is 1. The Balaban J connectivity index is 1.31. The van der Waals surface area contributed by atoms with Crippen LogP contribution in [0.4, 0.5) is 11.5 Å². The minimum Gasteiger partial charge on any atom is -0.497 e. The molecule has 7 nitrogen and oxygen atoms in total. The van der Waals surface area contributed by atoms with E-state index in [1.54, 1.807) is 12.0 Å². The molecule has 3 heterocycles. The van der Waals surface area contributed by atoms with Crippen molar-refractivity contribution in [3.63, 3.8) is 0 Å². The van der Waals surface area contributed by atoms with Crippen LogP contribution in [-0.2, 0) is 16.1 Å². The third-order valence-corrected chi connectivity index (χ3v) is 6.07. The number of nitrogens with zero attached hydrogens (tertiary/aromatic N) is 3. The van der Waals surface area contributed by atoms with Crippen LogP contribution in [0, 0.1) is 5.92 Å². The Kier molecular flexibility index (Phi) is 6.70. The first-order valence-electron chi connectivity index (χ1n) is 11.1. The van der Waals surface area contributed by atoms with Gasteiger partial charge in [0.05, 0.1) is 13.0 Å². The zero-order valence-electron chi connectivity index (χ0n) is 18.0. The molecule has 1 aromatic heterocycles. The molecule has 2 saturated heterocycles. The van der Waals surface area contributed by atoms with Gasteiger partial charge in [-0.25, -0.2) is 4.98 Å². The Morgan fingerprint density at radius 3 is 2.68 bits per heavy atom. The van der Waals surface area contributed by atoms with E-state index in [0.717, 1.165) is 30.2 Å². The summed E-state index contributed by atoms with van der Waals surface area (Å²) in [7, 11) is 1.59. The number of aromatic nitrogens is 1. The van der Waals surface area contributed by atoms with Crippen molar-refractivity contribution >= 4 is 23.3 Å². The summed E-state index contributed by atoms with van der Waals surface area (Å²) in [4.78, 5) is 33.7. The standard InChI is InChI=1S/C24H30N4O3/c1-31-21-8-6-7-20(14-21)28-17-19(13-23(28)29)24(30)26-16-18-9-10-22(25-15-18)27-11-4-2-3-5-12-27/h6-10,14-15,19H,2-5,11-13,16-17H2,1H3,(H,26,30). The van der Waals surface area contributed by atoms with E-state index in [1.807, 2.05) is 42.6 Å². The molecule has 1 unspecified atom stereocenters. The van der Waals surface area contributed by atoms with Crippen molar-refractivity contribution in [2.75, 3.05) is 36.5 Å². The third kappa shape index (κ3) is 5.16. The minimum atomic E-state index is -0.358. The van der Waals surface area contributed by atoms with Crippen molar-refractivity contribution in [3.8, 4) is 5.75 Å². The molecule has 31 heavy (non-hydrogen) atoms. The zero-order chi connectivity index (χ0) is 21.6. The topological polar surface area (TPSA) is 74.8 Å². The second kappa shape index (κ2) is 9.81. The largest absolute Gasteiger partial charge is 0.497 e. The average Bonchev–Trinajstić information content (AvgIpc) is 3.00. The summed E-state index contributed by atoms with van der Waals surface area (Å²) in [5.74, 6) is 1.19. The molecule has 4 rings (SSSR count). The molecule has 1 aromatic carbocycles. The molecular weight excluding hydrogens is 392 g/mol. The quantitative estimate of drug-likeness (QED) is 0.774. The molecule has 0 radical (unpaired) electrons. The monoisotopic (exact) mass is 422 g/mol. The number of amides is 2. The van der Waals surface area contributed by atoms with E-state index >= 15 is 0 Å². The van der Waals surface area contributed by atoms with Crippen molar-refractivity contribution < 1.29 is 14.3 Å². The molecule has 1 N–H and O–H groups in total. The van der Waals surface area contributed by atoms with E-state index in [9.17, 15) is 9.59 Å². The van der Waals surface area contributed by atoms with Crippen molar-refractivity contribution in [2.24, 2.45) is 5.92 Å². The van der Waals surface area contributed by atoms with Crippen LogP contribution < -0.4 is 19.9 Å². The number of hydrogen-bond acceptors (Lipinski definition) is 5. The molecule has 2 aliphatic heterocycles. The summed E-state index contributed by atoms with van der Waals surface area (Å²) in [5.41, 5.74) is 1.72. The summed E-state index contributed by atoms with van der Waals surface area (Å²) in [5, 5.41) is 2.97. The fourth-order valence-corrected chi connectivity index (χ4v) is 4.25. The molecule has 0 saturated carbocycles. The molecule has 7 heteroatoms. The number of carbonyl (C=O) groups is 2. The van der Waals surface area contributed by atoms with Gasteiger partial charge in [0.2, 0.25) is 11.8 Å². The van der Waals surface area contributed by atoms with E-state index < -0.39 is 0 Å². The number of anilines is 2. The summed E-state index contributed by atoms with van der Waals surface area (Å²) < 4.78 is 5.24. The summed E-state index contributed by atoms with van der Waals surface area (Å²) >= 11 is 0. The first-order valence-corrected chi connectivity index (χ1v) is 11.1. The van der Waals surface area contributed by atoms with Crippen LogP contribution in [0.15, 0.2) is 42.6 Å². The lowest BCUT2D eigenvalue weighted by Gasteiger charge is -2.21. The Hall–Kier alpha value is -3.09. The fraction of sp³-hybridized carbons (Fsp3) is 0.458. The number of pyridine rings is 1. The molecule has 2 fully saturated rings. The van der Waals surface area contributed by atoms with Crippen LogP contribution in [0.5, 0.6) is 5.75 Å². The highest BCUT2D eigenvalue weighted by Gasteiger charge is 2.35. The Bertz CT molecular complexity index is 907. The Morgan fingerprint density at radius 2 is 1.97 bits per heavy atom. The number of rotatable bonds is 6. The second-order valence-electron chi connectivity index (χ2n) is 8.25. The van der Waals surface area contributed by atoms with Gasteiger partial charge in [0, 0.05) is 50.6 Å². The van der Waals surface area contributed by atoms with Gasteiger partial charge >= 0.3 is 0 Å². The lowest BCUT2D eigenvalue weighted by atomic mass is 10.1. The van der Waals surface area contributed by atoms with Crippen LogP contribution >= 0.6 is 0 Å². The van der Waals surface area contributed by atoms with Gasteiger partial charge in [-0.05, 0) is 36.6 Å². The van der Waals surface area contributed by atoms with Crippen molar-refractivity contribution in [1.29, 1.82) is 0 Å². The maximum Gasteiger partial charge on any atom is 0.227 e. The van der Waals surface area contributed by atoms with E-state index in [4.69, 9.17) is 4.74 Å². The van der Waals surface area contributed by atoms with Crippen molar-refractivity contribution in [2.45, 2.75) is 38.6 Å². The highest BCUT2D eigenvalue weighted by atomic mass is 16.5. The normalized spacial score (nSPS) is 19.3. The van der Waals surface area contributed by atoms with E-state index in [1.165, 1.54) is 25.7 Å². The number of nitrogens with one attached hydrogen (secondary N) is 1. The molecule has 2 amide bonds. The molecular formula is C24H30N4O3. The minimum absolute atomic E-state index is 0.0446. The first kappa shape index (κ1) is 21.2. The van der Waals surface area contributed by atoms with Gasteiger partial charge in [-0.2, -0.15) is 0 Å². The summed E-state index contributed by atoms with van der Waals surface area (Å²) in [6.45, 7) is 2.91. The number of methoxy groups -OCH3 is 1. The van der Waals surface area contributed by atoms with Gasteiger partial charge < -0.3 is 19.9 Å². The molecule has 1 atom stereocenters. The van der Waals surface area contributed by atoms with E-state index in [0.29, 0.717) is 18.8 Å². The van der Waals surface area contributed by atoms with Crippen molar-refractivity contribution in [3.05, 3.63) is 48.2 Å². The maximum absolute atomic E-state index is 12.7. The highest BCUT2D eigenvalue weighted by molar-refractivity contribution is 6.00. The van der Waals surface area contributed by atoms with E-state index in [2.05, 4.69) is 15.2 Å². The maximum atomic E-state index is 12.7. The van der Waals surface area contributed by atoms with Crippen LogP contribution in [0.3, 0.4) is 0 Å². The average molecular weight is 423 g/mol. The third-order valence-electron chi connectivity index (χ3n) is 6.07. The predicted molar refractivity (Wildman–Crippen MR) is 120 cm³/mol. The second-order valence-corrected chi connectivity index (χ2v) is 8.25. The molecule has 0 bridgehead atoms. The van der Waals surface area contributed by atoms with E-state index in [-0.39, 0.29) is 24.2 Å². The fourth-order valence-electron chi connectivity index (χ4n) is 4.25. The number of hydrogen-bond donors (Lipinski definition) is 1. The Labute approximate surface area is 183 Å². The van der Waals surface area contributed by atoms with Gasteiger partial charge in [0.1, 0.15) is 11.6 Å². The SMILES string of the molecule is COc1cccc(N2CC(C(=O)NCc3ccc(N4CCCCCC4)nc3)CC2=O)c1. The van der Waals surface area contributed by atoms with Crippen LogP contribution in [0.1, 0.15) is 37.7 Å². The molecule has 0 aliphatic carbocycles. The molecule has 2 aliphatic rings. The van der Waals surface area contributed by atoms with Gasteiger partial charge in [-0.1, -0.05) is 25.0 Å². The molecule has 2 aromatic rings. The highest BCUT2D eigenvalue weighted by Crippen LogP contribution is 2.28. The van der Waals surface area contributed by atoms with Crippen LogP contribution in [0.2, 0.25) is 0 Å². The zero-order valence-corrected chi connectivity index (χ0v) is 18.0. The first-order chi connectivity index (χ1) is 15.1.